The topological polar surface area (TPSA) is 24.5 Å². The number of hydrogen-bond acceptors (Lipinski definition) is 3. The predicted octanol–water partition coefficient (Wildman–Crippen LogP) is 3.61. The van der Waals surface area contributed by atoms with Crippen molar-refractivity contribution in [2.24, 2.45) is 5.92 Å². The maximum absolute atomic E-state index is 5.39. The van der Waals surface area contributed by atoms with Crippen molar-refractivity contribution in [1.82, 2.24) is 5.32 Å². The molecule has 0 saturated carbocycles. The summed E-state index contributed by atoms with van der Waals surface area (Å²) in [5, 5.41) is 3.72. The number of piperazine rings is 1. The van der Waals surface area contributed by atoms with Crippen molar-refractivity contribution in [3.63, 3.8) is 0 Å². The lowest BCUT2D eigenvalue weighted by atomic mass is 9.96. The molecule has 0 amide bonds. The standard InChI is InChI=1S/C18H30N2O/c1-6-7-15-12-20(17(11-19-15)13(2)3)16-8-9-18(21-5)14(4)10-16/h8-10,13,15,17,19H,6-7,11-12H2,1-5H3. The fraction of sp³-hybridized carbons (Fsp3) is 0.667. The summed E-state index contributed by atoms with van der Waals surface area (Å²) in [6.45, 7) is 11.2. The normalized spacial score (nSPS) is 22.7. The zero-order valence-corrected chi connectivity index (χ0v) is 14.1. The Balaban J connectivity index is 2.24. The number of benzene rings is 1. The van der Waals surface area contributed by atoms with Crippen molar-refractivity contribution in [2.75, 3.05) is 25.1 Å². The highest BCUT2D eigenvalue weighted by molar-refractivity contribution is 5.54. The third-order valence-corrected chi connectivity index (χ3v) is 4.55. The molecular weight excluding hydrogens is 260 g/mol. The van der Waals surface area contributed by atoms with E-state index in [0.29, 0.717) is 18.0 Å². The molecule has 1 aromatic rings. The molecule has 118 valence electrons. The first-order valence-corrected chi connectivity index (χ1v) is 8.21. The molecule has 0 aromatic heterocycles. The van der Waals surface area contributed by atoms with Gasteiger partial charge in [-0.25, -0.2) is 0 Å². The highest BCUT2D eigenvalue weighted by Gasteiger charge is 2.29. The van der Waals surface area contributed by atoms with Gasteiger partial charge in [0.15, 0.2) is 0 Å². The third-order valence-electron chi connectivity index (χ3n) is 4.55. The van der Waals surface area contributed by atoms with Gasteiger partial charge in [-0.05, 0) is 43.0 Å². The lowest BCUT2D eigenvalue weighted by molar-refractivity contribution is 0.327. The Bertz CT molecular complexity index is 459. The van der Waals surface area contributed by atoms with Gasteiger partial charge in [0.1, 0.15) is 5.75 Å². The molecule has 21 heavy (non-hydrogen) atoms. The first kappa shape index (κ1) is 16.2. The Hall–Kier alpha value is -1.22. The fourth-order valence-electron chi connectivity index (χ4n) is 3.31. The fourth-order valence-corrected chi connectivity index (χ4v) is 3.31. The minimum absolute atomic E-state index is 0.561. The third kappa shape index (κ3) is 3.70. The van der Waals surface area contributed by atoms with Crippen LogP contribution in [0.1, 0.15) is 39.2 Å². The van der Waals surface area contributed by atoms with Gasteiger partial charge in [-0.2, -0.15) is 0 Å². The van der Waals surface area contributed by atoms with Crippen molar-refractivity contribution in [3.05, 3.63) is 23.8 Å². The van der Waals surface area contributed by atoms with Gasteiger partial charge in [0.25, 0.3) is 0 Å². The van der Waals surface area contributed by atoms with Crippen LogP contribution in [0.5, 0.6) is 5.75 Å². The minimum atomic E-state index is 0.561. The number of ether oxygens (including phenoxy) is 1. The van der Waals surface area contributed by atoms with Gasteiger partial charge in [-0.3, -0.25) is 0 Å². The van der Waals surface area contributed by atoms with Crippen molar-refractivity contribution >= 4 is 5.69 Å². The van der Waals surface area contributed by atoms with Crippen LogP contribution in [0.4, 0.5) is 5.69 Å². The van der Waals surface area contributed by atoms with Crippen LogP contribution < -0.4 is 15.0 Å². The van der Waals surface area contributed by atoms with Gasteiger partial charge in [-0.1, -0.05) is 27.2 Å². The van der Waals surface area contributed by atoms with Gasteiger partial charge in [-0.15, -0.1) is 0 Å². The SMILES string of the molecule is CCCC1CN(c2ccc(OC)c(C)c2)C(C(C)C)CN1. The molecule has 0 spiro atoms. The van der Waals surface area contributed by atoms with E-state index in [1.165, 1.54) is 24.1 Å². The number of nitrogens with one attached hydrogen (secondary N) is 1. The van der Waals surface area contributed by atoms with E-state index in [1.54, 1.807) is 7.11 Å². The number of aryl methyl sites for hydroxylation is 1. The first-order valence-electron chi connectivity index (χ1n) is 8.21. The summed E-state index contributed by atoms with van der Waals surface area (Å²) in [7, 11) is 1.74. The Labute approximate surface area is 129 Å². The highest BCUT2D eigenvalue weighted by atomic mass is 16.5. The predicted molar refractivity (Wildman–Crippen MR) is 90.4 cm³/mol. The molecule has 1 heterocycles. The number of nitrogens with zero attached hydrogens (tertiary/aromatic N) is 1. The molecule has 0 radical (unpaired) electrons. The lowest BCUT2D eigenvalue weighted by Crippen LogP contribution is -2.58. The molecule has 3 heteroatoms. The Morgan fingerprint density at radius 3 is 2.71 bits per heavy atom. The molecule has 1 aliphatic heterocycles. The van der Waals surface area contributed by atoms with E-state index in [0.717, 1.165) is 18.8 Å². The molecule has 1 aromatic carbocycles. The second kappa shape index (κ2) is 7.17. The summed E-state index contributed by atoms with van der Waals surface area (Å²) in [4.78, 5) is 2.59. The van der Waals surface area contributed by atoms with Crippen molar-refractivity contribution < 1.29 is 4.74 Å². The Morgan fingerprint density at radius 2 is 2.14 bits per heavy atom. The average molecular weight is 290 g/mol. The second-order valence-corrected chi connectivity index (χ2v) is 6.51. The molecule has 1 aliphatic rings. The van der Waals surface area contributed by atoms with E-state index in [9.17, 15) is 0 Å². The van der Waals surface area contributed by atoms with E-state index < -0.39 is 0 Å². The number of anilines is 1. The monoisotopic (exact) mass is 290 g/mol. The van der Waals surface area contributed by atoms with Crippen molar-refractivity contribution in [3.8, 4) is 5.75 Å². The number of rotatable bonds is 5. The zero-order valence-electron chi connectivity index (χ0n) is 14.1. The summed E-state index contributed by atoms with van der Waals surface area (Å²) >= 11 is 0. The van der Waals surface area contributed by atoms with Crippen molar-refractivity contribution in [2.45, 2.75) is 52.6 Å². The maximum atomic E-state index is 5.39. The second-order valence-electron chi connectivity index (χ2n) is 6.51. The lowest BCUT2D eigenvalue weighted by Gasteiger charge is -2.44. The molecule has 1 saturated heterocycles. The van der Waals surface area contributed by atoms with Crippen LogP contribution in [0.25, 0.3) is 0 Å². The molecule has 2 unspecified atom stereocenters. The van der Waals surface area contributed by atoms with Crippen LogP contribution in [0, 0.1) is 12.8 Å². The molecule has 1 fully saturated rings. The molecule has 0 aliphatic carbocycles. The van der Waals surface area contributed by atoms with E-state index in [4.69, 9.17) is 4.74 Å². The van der Waals surface area contributed by atoms with E-state index >= 15 is 0 Å². The molecule has 2 atom stereocenters. The summed E-state index contributed by atoms with van der Waals surface area (Å²) in [6.07, 6.45) is 2.48. The average Bonchev–Trinajstić information content (AvgIpc) is 2.47. The minimum Gasteiger partial charge on any atom is -0.496 e. The van der Waals surface area contributed by atoms with Crippen molar-refractivity contribution in [1.29, 1.82) is 0 Å². The van der Waals surface area contributed by atoms with Crippen LogP contribution in [-0.2, 0) is 0 Å². The molecule has 1 N–H and O–H groups in total. The summed E-state index contributed by atoms with van der Waals surface area (Å²) in [5.74, 6) is 1.61. The molecule has 3 nitrogen and oxygen atoms in total. The number of hydrogen-bond donors (Lipinski definition) is 1. The van der Waals surface area contributed by atoms with E-state index in [2.05, 4.69) is 56.1 Å². The largest absolute Gasteiger partial charge is 0.496 e. The summed E-state index contributed by atoms with van der Waals surface area (Å²) < 4.78 is 5.39. The van der Waals surface area contributed by atoms with Gasteiger partial charge in [0, 0.05) is 30.9 Å². The Morgan fingerprint density at radius 1 is 1.38 bits per heavy atom. The summed E-state index contributed by atoms with van der Waals surface area (Å²) in [6, 6.07) is 7.73. The maximum Gasteiger partial charge on any atom is 0.121 e. The molecule has 0 bridgehead atoms. The van der Waals surface area contributed by atoms with Gasteiger partial charge in [0.05, 0.1) is 7.11 Å². The van der Waals surface area contributed by atoms with Crippen LogP contribution >= 0.6 is 0 Å². The van der Waals surface area contributed by atoms with Crippen LogP contribution in [0.2, 0.25) is 0 Å². The van der Waals surface area contributed by atoms with E-state index in [-0.39, 0.29) is 0 Å². The first-order chi connectivity index (χ1) is 10.1. The number of methoxy groups -OCH3 is 1. The molecule has 2 rings (SSSR count). The Kier molecular flexibility index (Phi) is 5.51. The molecular formula is C18H30N2O. The van der Waals surface area contributed by atoms with Crippen LogP contribution in [0.3, 0.4) is 0 Å². The van der Waals surface area contributed by atoms with E-state index in [1.807, 2.05) is 0 Å². The van der Waals surface area contributed by atoms with Gasteiger partial charge < -0.3 is 15.0 Å². The van der Waals surface area contributed by atoms with Crippen LogP contribution in [0.15, 0.2) is 18.2 Å². The summed E-state index contributed by atoms with van der Waals surface area (Å²) in [5.41, 5.74) is 2.54. The van der Waals surface area contributed by atoms with Gasteiger partial charge >= 0.3 is 0 Å². The highest BCUT2D eigenvalue weighted by Crippen LogP contribution is 2.29. The zero-order chi connectivity index (χ0) is 15.4. The van der Waals surface area contributed by atoms with Gasteiger partial charge in [0.2, 0.25) is 0 Å². The van der Waals surface area contributed by atoms with Crippen LogP contribution in [-0.4, -0.2) is 32.3 Å². The quantitative estimate of drug-likeness (QED) is 0.896. The smallest absolute Gasteiger partial charge is 0.121 e.